The second-order valence-corrected chi connectivity index (χ2v) is 5.29. The Bertz CT molecular complexity index is 298. The van der Waals surface area contributed by atoms with E-state index in [0.717, 1.165) is 6.26 Å². The van der Waals surface area contributed by atoms with E-state index in [1.807, 2.05) is 0 Å². The van der Waals surface area contributed by atoms with E-state index in [9.17, 15) is 18.0 Å². The highest BCUT2D eigenvalue weighted by Crippen LogP contribution is 2.22. The number of carbonyl (C=O) groups is 2. The quantitative estimate of drug-likeness (QED) is 0.351. The van der Waals surface area contributed by atoms with Gasteiger partial charge in [-0.15, -0.1) is 6.42 Å². The summed E-state index contributed by atoms with van der Waals surface area (Å²) in [6.45, 7) is 1.34. The Morgan fingerprint density at radius 1 is 1.36 bits per heavy atom. The summed E-state index contributed by atoms with van der Waals surface area (Å²) in [4.78, 5) is 21.2. The Kier molecular flexibility index (Phi) is 4.41. The summed E-state index contributed by atoms with van der Waals surface area (Å²) < 4.78 is 26.7. The molecule has 0 aliphatic carbocycles. The first-order chi connectivity index (χ1) is 6.31. The summed E-state index contributed by atoms with van der Waals surface area (Å²) in [5, 5.41) is 0.0403. The lowest BCUT2D eigenvalue weighted by atomic mass is 10.0. The topological polar surface area (TPSA) is 77.5 Å². The normalized spacial score (nSPS) is 12.9. The van der Waals surface area contributed by atoms with E-state index in [-0.39, 0.29) is 11.7 Å². The lowest BCUT2D eigenvalue weighted by Crippen LogP contribution is -2.37. The third-order valence-electron chi connectivity index (χ3n) is 1.94. The Balaban J connectivity index is 4.79. The minimum Gasteiger partial charge on any atom is -0.366 e. The number of hydrogen-bond acceptors (Lipinski definition) is 5. The number of methoxy groups -OCH3 is 1. The van der Waals surface area contributed by atoms with Gasteiger partial charge in [0.05, 0.1) is 0 Å². The van der Waals surface area contributed by atoms with Crippen molar-refractivity contribution < 1.29 is 22.7 Å². The van der Waals surface area contributed by atoms with Crippen LogP contribution in [-0.2, 0) is 24.2 Å². The number of sulfone groups is 1. The molecule has 82 valence electrons. The highest BCUT2D eigenvalue weighted by molar-refractivity contribution is 7.93. The average molecular weight is 221 g/mol. The van der Waals surface area contributed by atoms with Crippen LogP contribution in [0.15, 0.2) is 0 Å². The van der Waals surface area contributed by atoms with Crippen molar-refractivity contribution in [3.05, 3.63) is 5.25 Å². The van der Waals surface area contributed by atoms with Crippen molar-refractivity contribution in [1.82, 2.24) is 0 Å². The molecule has 0 amide bonds. The molecule has 0 unspecified atom stereocenters. The van der Waals surface area contributed by atoms with Crippen LogP contribution < -0.4 is 0 Å². The molecule has 0 saturated carbocycles. The molecular weight excluding hydrogens is 208 g/mol. The molecule has 0 heterocycles. The van der Waals surface area contributed by atoms with E-state index in [1.165, 1.54) is 14.0 Å². The highest BCUT2D eigenvalue weighted by Gasteiger charge is 2.27. The molecule has 0 aliphatic heterocycles. The van der Waals surface area contributed by atoms with Gasteiger partial charge in [0, 0.05) is 23.2 Å². The molecule has 0 saturated heterocycles. The van der Waals surface area contributed by atoms with Crippen LogP contribution in [0.2, 0.25) is 0 Å². The predicted octanol–water partition coefficient (Wildman–Crippen LogP) is -0.244. The molecule has 14 heavy (non-hydrogen) atoms. The van der Waals surface area contributed by atoms with Crippen molar-refractivity contribution in [2.75, 3.05) is 13.4 Å². The zero-order valence-electron chi connectivity index (χ0n) is 8.31. The smallest absolute Gasteiger partial charge is 0.156 e. The summed E-state index contributed by atoms with van der Waals surface area (Å²) >= 11 is 0. The molecule has 0 aromatic carbocycles. The van der Waals surface area contributed by atoms with Gasteiger partial charge in [-0.1, -0.05) is 0 Å². The number of aldehydes is 2. The number of carbonyl (C=O) groups excluding carboxylic acids is 2. The Morgan fingerprint density at radius 3 is 2.00 bits per heavy atom. The van der Waals surface area contributed by atoms with Crippen LogP contribution in [0.25, 0.3) is 0 Å². The third-order valence-corrected chi connectivity index (χ3v) is 3.35. The van der Waals surface area contributed by atoms with Gasteiger partial charge in [-0.05, 0) is 0 Å². The molecule has 0 bridgehead atoms. The molecular formula is C8H13O5S-. The van der Waals surface area contributed by atoms with E-state index >= 15 is 0 Å². The minimum absolute atomic E-state index is 0.0403. The Hall–Kier alpha value is -0.750. The first-order valence-corrected chi connectivity index (χ1v) is 5.71. The fourth-order valence-corrected chi connectivity index (χ4v) is 1.29. The fourth-order valence-electron chi connectivity index (χ4n) is 0.800. The standard InChI is InChI=1S/C8H13O5S/c1-7(14(3,11)12)4-8(5-9,6-10)13-2/h5-6H,4H2,1-3H3/q-1. The monoisotopic (exact) mass is 221 g/mol. The largest absolute Gasteiger partial charge is 0.366 e. The van der Waals surface area contributed by atoms with Crippen molar-refractivity contribution >= 4 is 22.4 Å². The van der Waals surface area contributed by atoms with Gasteiger partial charge < -0.3 is 4.74 Å². The number of hydrogen-bond donors (Lipinski definition) is 0. The van der Waals surface area contributed by atoms with Gasteiger partial charge in [-0.2, -0.15) is 12.2 Å². The molecule has 0 aromatic heterocycles. The second-order valence-electron chi connectivity index (χ2n) is 3.05. The zero-order valence-corrected chi connectivity index (χ0v) is 9.13. The first-order valence-electron chi connectivity index (χ1n) is 3.81. The molecule has 5 nitrogen and oxygen atoms in total. The maximum Gasteiger partial charge on any atom is 0.156 e. The molecule has 0 aromatic rings. The summed E-state index contributed by atoms with van der Waals surface area (Å²) in [6, 6.07) is 0. The number of rotatable bonds is 6. The van der Waals surface area contributed by atoms with Crippen LogP contribution in [0.1, 0.15) is 13.3 Å². The van der Waals surface area contributed by atoms with E-state index in [0.29, 0.717) is 12.6 Å². The lowest BCUT2D eigenvalue weighted by molar-refractivity contribution is -0.138. The lowest BCUT2D eigenvalue weighted by Gasteiger charge is -2.31. The maximum atomic E-state index is 11.0. The third kappa shape index (κ3) is 3.19. The Labute approximate surface area is 83.4 Å². The van der Waals surface area contributed by atoms with Crippen LogP contribution in [0.4, 0.5) is 0 Å². The average Bonchev–Trinajstić information content (AvgIpc) is 2.12. The summed E-state index contributed by atoms with van der Waals surface area (Å²) in [5.74, 6) is 0. The van der Waals surface area contributed by atoms with E-state index in [1.54, 1.807) is 0 Å². The summed E-state index contributed by atoms with van der Waals surface area (Å²) in [7, 11) is -2.17. The van der Waals surface area contributed by atoms with Crippen LogP contribution in [-0.4, -0.2) is 40.0 Å². The van der Waals surface area contributed by atoms with Crippen LogP contribution in [0.5, 0.6) is 0 Å². The van der Waals surface area contributed by atoms with E-state index in [4.69, 9.17) is 0 Å². The summed E-state index contributed by atoms with van der Waals surface area (Å²) in [6.07, 6.45) is 1.37. The van der Waals surface area contributed by atoms with E-state index in [2.05, 4.69) is 4.74 Å². The Morgan fingerprint density at radius 2 is 1.79 bits per heavy atom. The first kappa shape index (κ1) is 13.2. The molecule has 0 N–H and O–H groups in total. The van der Waals surface area contributed by atoms with Gasteiger partial charge in [0.1, 0.15) is 0 Å². The zero-order chi connectivity index (χ0) is 11.4. The van der Waals surface area contributed by atoms with Gasteiger partial charge in [0.2, 0.25) is 0 Å². The van der Waals surface area contributed by atoms with Crippen LogP contribution in [0.3, 0.4) is 0 Å². The maximum absolute atomic E-state index is 11.0. The van der Waals surface area contributed by atoms with E-state index < -0.39 is 15.4 Å². The molecule has 0 rings (SSSR count). The second kappa shape index (κ2) is 4.65. The molecule has 0 fully saturated rings. The molecule has 0 spiro atoms. The van der Waals surface area contributed by atoms with Gasteiger partial charge in [0.15, 0.2) is 18.2 Å². The van der Waals surface area contributed by atoms with Crippen LogP contribution >= 0.6 is 0 Å². The molecule has 0 radical (unpaired) electrons. The minimum atomic E-state index is -3.35. The van der Waals surface area contributed by atoms with Crippen molar-refractivity contribution in [3.63, 3.8) is 0 Å². The van der Waals surface area contributed by atoms with Crippen molar-refractivity contribution in [2.45, 2.75) is 18.9 Å². The highest BCUT2D eigenvalue weighted by atomic mass is 32.2. The molecule has 0 atom stereocenters. The van der Waals surface area contributed by atoms with Gasteiger partial charge in [-0.3, -0.25) is 18.0 Å². The van der Waals surface area contributed by atoms with Gasteiger partial charge in [0.25, 0.3) is 0 Å². The fraction of sp³-hybridized carbons (Fsp3) is 0.625. The summed E-state index contributed by atoms with van der Waals surface area (Å²) in [5.41, 5.74) is -1.67. The SMILES string of the molecule is COC(C=O)(C=O)C[C-](C)S(C)(=O)=O. The molecule has 6 heteroatoms. The van der Waals surface area contributed by atoms with Gasteiger partial charge in [-0.25, -0.2) is 0 Å². The number of ether oxygens (including phenoxy) is 1. The van der Waals surface area contributed by atoms with Crippen molar-refractivity contribution in [3.8, 4) is 0 Å². The van der Waals surface area contributed by atoms with Crippen molar-refractivity contribution in [2.24, 2.45) is 0 Å². The molecule has 0 aliphatic rings. The predicted molar refractivity (Wildman–Crippen MR) is 50.2 cm³/mol. The van der Waals surface area contributed by atoms with Crippen molar-refractivity contribution in [1.29, 1.82) is 0 Å². The van der Waals surface area contributed by atoms with Crippen LogP contribution in [0, 0.1) is 5.25 Å². The van der Waals surface area contributed by atoms with Gasteiger partial charge >= 0.3 is 0 Å².